The van der Waals surface area contributed by atoms with E-state index in [9.17, 15) is 34.3 Å². The third-order valence-corrected chi connectivity index (χ3v) is 11.0. The van der Waals surface area contributed by atoms with Gasteiger partial charge in [0.05, 0.1) is 23.2 Å². The second-order valence-corrected chi connectivity index (χ2v) is 13.9. The Morgan fingerprint density at radius 2 is 1.45 bits per heavy atom. The Morgan fingerprint density at radius 1 is 0.882 bits per heavy atom. The maximum absolute atomic E-state index is 14.9. The van der Waals surface area contributed by atoms with Crippen molar-refractivity contribution in [3.63, 3.8) is 0 Å². The van der Waals surface area contributed by atoms with Crippen LogP contribution in [0.2, 0.25) is 0 Å². The molecule has 3 aromatic carbocycles. The lowest BCUT2D eigenvalue weighted by atomic mass is 9.42. The molecule has 2 heterocycles. The Labute approximate surface area is 289 Å². The molecule has 2 aliphatic heterocycles. The van der Waals surface area contributed by atoms with Crippen LogP contribution in [0, 0.1) is 28.6 Å². The number of carbonyl (C=O) groups excluding carboxylic acids is 5. The van der Waals surface area contributed by atoms with E-state index in [1.54, 1.807) is 48.5 Å². The molecule has 8 rings (SSSR count). The van der Waals surface area contributed by atoms with Gasteiger partial charge in [-0.3, -0.25) is 28.9 Å². The molecular weight excluding hydrogens is 662 g/mol. The molecule has 6 atom stereocenters. The van der Waals surface area contributed by atoms with E-state index in [-0.39, 0.29) is 36.7 Å². The highest BCUT2D eigenvalue weighted by molar-refractivity contribution is 6.33. The summed E-state index contributed by atoms with van der Waals surface area (Å²) in [6, 6.07) is 12.0. The van der Waals surface area contributed by atoms with Gasteiger partial charge in [0, 0.05) is 11.1 Å². The zero-order valence-electron chi connectivity index (χ0n) is 27.3. The molecule has 0 radical (unpaired) electrons. The smallest absolute Gasteiger partial charge is 0.235 e. The minimum atomic E-state index is -2.86. The Morgan fingerprint density at radius 3 is 2.00 bits per heavy atom. The van der Waals surface area contributed by atoms with Crippen molar-refractivity contribution >= 4 is 29.0 Å². The number of ketones is 4. The highest BCUT2D eigenvalue weighted by atomic mass is 16.7. The first kappa shape index (κ1) is 32.4. The molecule has 0 aromatic heterocycles. The molecule has 260 valence electrons. The van der Waals surface area contributed by atoms with Crippen molar-refractivity contribution in [1.29, 1.82) is 5.26 Å². The van der Waals surface area contributed by atoms with Crippen LogP contribution in [-0.4, -0.2) is 83.8 Å². The minimum absolute atomic E-state index is 0.00283. The van der Waals surface area contributed by atoms with Gasteiger partial charge < -0.3 is 41.3 Å². The van der Waals surface area contributed by atoms with Gasteiger partial charge in [-0.25, -0.2) is 0 Å². The van der Waals surface area contributed by atoms with Crippen molar-refractivity contribution < 1.29 is 48.0 Å². The van der Waals surface area contributed by atoms with Gasteiger partial charge >= 0.3 is 0 Å². The number of fused-ring (bicyclic) bond motifs is 5. The van der Waals surface area contributed by atoms with Crippen molar-refractivity contribution in [2.45, 2.75) is 30.0 Å². The normalized spacial score (nSPS) is 30.1. The summed E-state index contributed by atoms with van der Waals surface area (Å²) < 4.78 is 22.1. The van der Waals surface area contributed by atoms with E-state index in [0.717, 1.165) is 0 Å². The molecule has 2 saturated carbocycles. The number of hydrogen-bond donors (Lipinski definition) is 4. The number of rotatable bonds is 4. The van der Waals surface area contributed by atoms with E-state index < -0.39 is 75.6 Å². The molecule has 2 unspecified atom stereocenters. The number of primary amides is 1. The van der Waals surface area contributed by atoms with Crippen molar-refractivity contribution in [2.24, 2.45) is 34.5 Å². The zero-order chi connectivity index (χ0) is 36.4. The molecule has 1 amide bonds. The summed E-state index contributed by atoms with van der Waals surface area (Å²) in [6.45, 7) is 0.000567. The summed E-state index contributed by atoms with van der Waals surface area (Å²) in [5.41, 5.74) is 14.2. The van der Waals surface area contributed by atoms with Gasteiger partial charge in [-0.2, -0.15) is 5.26 Å². The standard InChI is InChI=1S/C36H31N5O10/c1-41(2)30-29(44)25(33(38)47)31(45)35(12-37)32(46)26-28(43)24-19(10-34(26,39)11-36(30,35)40)17(15-3-5-20-22(7-15)50-13-48-20)9-18(27(24)42)16-4-6-21-23(8-16)51-14-49-21/h3-9,25-26,30,42H,10-11,13-14,39-40H2,1-2H3,(H2,38,47)/t25?,26?,30-,34-,35+,36-/m1/s1. The number of aromatic hydroxyl groups is 1. The molecular formula is C36H31N5O10. The number of phenolic OH excluding ortho intramolecular Hbond substituents is 1. The second-order valence-electron chi connectivity index (χ2n) is 13.9. The lowest BCUT2D eigenvalue weighted by Gasteiger charge is -2.60. The van der Waals surface area contributed by atoms with E-state index >= 15 is 0 Å². The molecule has 0 spiro atoms. The number of nitrogens with two attached hydrogens (primary N) is 3. The third-order valence-electron chi connectivity index (χ3n) is 11.0. The first-order valence-electron chi connectivity index (χ1n) is 16.0. The number of nitriles is 1. The number of carbonyl (C=O) groups is 5. The summed E-state index contributed by atoms with van der Waals surface area (Å²) in [5, 5.41) is 22.7. The third kappa shape index (κ3) is 4.06. The zero-order valence-corrected chi connectivity index (χ0v) is 27.3. The average molecular weight is 694 g/mol. The molecule has 0 bridgehead atoms. The SMILES string of the molecule is CN(C)[C@@H]1C(=O)C(C(N)=O)C(=O)[C@@]2(C#N)C(=O)C3C(=O)c4c(O)c(-c5ccc6c(c5)OCO6)cc(-c5ccc6c(c5)OCO6)c4C[C@@]3(N)C[C@@]12N. The van der Waals surface area contributed by atoms with Crippen molar-refractivity contribution in [3.05, 3.63) is 53.6 Å². The van der Waals surface area contributed by atoms with E-state index in [2.05, 4.69) is 0 Å². The fourth-order valence-corrected chi connectivity index (χ4v) is 8.88. The summed E-state index contributed by atoms with van der Waals surface area (Å²) >= 11 is 0. The second kappa shape index (κ2) is 10.6. The van der Waals surface area contributed by atoms with Crippen LogP contribution in [0.15, 0.2) is 42.5 Å². The lowest BCUT2D eigenvalue weighted by Crippen LogP contribution is -2.85. The van der Waals surface area contributed by atoms with Crippen molar-refractivity contribution in [2.75, 3.05) is 27.7 Å². The van der Waals surface area contributed by atoms with Crippen molar-refractivity contribution in [3.8, 4) is 57.1 Å². The van der Waals surface area contributed by atoms with Crippen LogP contribution in [0.5, 0.6) is 28.7 Å². The van der Waals surface area contributed by atoms with Gasteiger partial charge in [0.1, 0.15) is 11.7 Å². The molecule has 5 aliphatic rings. The number of nitrogens with zero attached hydrogens (tertiary/aromatic N) is 2. The molecule has 0 saturated heterocycles. The summed E-state index contributed by atoms with van der Waals surface area (Å²) in [4.78, 5) is 71.4. The van der Waals surface area contributed by atoms with Crippen LogP contribution in [-0.2, 0) is 25.6 Å². The average Bonchev–Trinajstić information content (AvgIpc) is 3.73. The largest absolute Gasteiger partial charge is 0.507 e. The molecule has 2 fully saturated rings. The first-order chi connectivity index (χ1) is 24.2. The van der Waals surface area contributed by atoms with E-state index in [1.165, 1.54) is 19.0 Å². The number of benzene rings is 3. The topological polar surface area (TPSA) is 248 Å². The predicted octanol–water partition coefficient (Wildman–Crippen LogP) is 0.600. The number of hydrogen-bond acceptors (Lipinski definition) is 14. The van der Waals surface area contributed by atoms with Gasteiger partial charge in [-0.15, -0.1) is 0 Å². The Bertz CT molecular complexity index is 2210. The molecule has 7 N–H and O–H groups in total. The minimum Gasteiger partial charge on any atom is -0.507 e. The lowest BCUT2D eigenvalue weighted by molar-refractivity contribution is -0.166. The molecule has 3 aromatic rings. The van der Waals surface area contributed by atoms with Crippen LogP contribution < -0.4 is 36.1 Å². The molecule has 3 aliphatic carbocycles. The van der Waals surface area contributed by atoms with Crippen LogP contribution in [0.3, 0.4) is 0 Å². The first-order valence-corrected chi connectivity index (χ1v) is 16.0. The monoisotopic (exact) mass is 693 g/mol. The van der Waals surface area contributed by atoms with Crippen LogP contribution in [0.25, 0.3) is 22.3 Å². The van der Waals surface area contributed by atoms with Crippen LogP contribution in [0.1, 0.15) is 22.3 Å². The Balaban J connectivity index is 1.37. The number of likely N-dealkylation sites (N-methyl/N-ethyl adjacent to an activating group) is 1. The Kier molecular flexibility index (Phi) is 6.73. The summed E-state index contributed by atoms with van der Waals surface area (Å²) in [5.74, 6) is -8.64. The fraction of sp³-hybridized carbons (Fsp3) is 0.333. The quantitative estimate of drug-likeness (QED) is 0.273. The molecule has 51 heavy (non-hydrogen) atoms. The van der Waals surface area contributed by atoms with E-state index in [0.29, 0.717) is 39.7 Å². The highest BCUT2D eigenvalue weighted by Crippen LogP contribution is 2.58. The van der Waals surface area contributed by atoms with Gasteiger partial charge in [0.15, 0.2) is 57.5 Å². The van der Waals surface area contributed by atoms with Gasteiger partial charge in [0.2, 0.25) is 19.5 Å². The van der Waals surface area contributed by atoms with Gasteiger partial charge in [-0.05, 0) is 79.5 Å². The maximum Gasteiger partial charge on any atom is 0.235 e. The van der Waals surface area contributed by atoms with Gasteiger partial charge in [-0.1, -0.05) is 12.1 Å². The maximum atomic E-state index is 14.9. The number of amides is 1. The fourth-order valence-electron chi connectivity index (χ4n) is 8.88. The molecule has 15 nitrogen and oxygen atoms in total. The number of Topliss-reactive ketones (excluding diaryl/α,β-unsaturated/α-hetero) is 4. The summed E-state index contributed by atoms with van der Waals surface area (Å²) in [7, 11) is 2.89. The van der Waals surface area contributed by atoms with Crippen LogP contribution >= 0.6 is 0 Å². The predicted molar refractivity (Wildman–Crippen MR) is 174 cm³/mol. The number of phenols is 1. The highest BCUT2D eigenvalue weighted by Gasteiger charge is 2.78. The molecule has 15 heteroatoms. The van der Waals surface area contributed by atoms with E-state index in [1.807, 2.05) is 0 Å². The van der Waals surface area contributed by atoms with Crippen LogP contribution in [0.4, 0.5) is 0 Å². The Hall–Kier alpha value is -5.82. The van der Waals surface area contributed by atoms with E-state index in [4.69, 9.17) is 36.1 Å². The summed E-state index contributed by atoms with van der Waals surface area (Å²) in [6.07, 6.45) is -0.780. The van der Waals surface area contributed by atoms with Crippen molar-refractivity contribution in [1.82, 2.24) is 4.90 Å². The van der Waals surface area contributed by atoms with Gasteiger partial charge in [0.25, 0.3) is 0 Å². The number of ether oxygens (including phenoxy) is 4.